The molecule has 1 heterocycles. The Morgan fingerprint density at radius 2 is 2.44 bits per heavy atom. The van der Waals surface area contributed by atoms with Crippen LogP contribution in [0, 0.1) is 6.92 Å². The summed E-state index contributed by atoms with van der Waals surface area (Å²) in [5.41, 5.74) is 0.764. The standard InChI is InChI=1S/C4H4ClN3O/c1-3-2-6-8-7-4(3)9-5/h2H,1H3. The van der Waals surface area contributed by atoms with Gasteiger partial charge in [0.05, 0.1) is 6.20 Å². The molecule has 0 aliphatic rings. The van der Waals surface area contributed by atoms with E-state index >= 15 is 0 Å². The number of aryl methyl sites for hydroxylation is 1. The third-order valence-electron chi connectivity index (χ3n) is 0.849. The van der Waals surface area contributed by atoms with Crippen molar-refractivity contribution in [1.29, 1.82) is 0 Å². The number of aromatic nitrogens is 3. The molecule has 0 amide bonds. The summed E-state index contributed by atoms with van der Waals surface area (Å²) in [7, 11) is 0. The van der Waals surface area contributed by atoms with Gasteiger partial charge >= 0.3 is 0 Å². The van der Waals surface area contributed by atoms with Crippen LogP contribution in [0.5, 0.6) is 5.88 Å². The highest BCUT2D eigenvalue weighted by atomic mass is 35.5. The Balaban J connectivity index is 3.01. The maximum absolute atomic E-state index is 5.00. The Kier molecular flexibility index (Phi) is 1.79. The van der Waals surface area contributed by atoms with E-state index in [2.05, 4.69) is 19.7 Å². The lowest BCUT2D eigenvalue weighted by molar-refractivity contribution is 0.559. The zero-order valence-corrected chi connectivity index (χ0v) is 5.46. The van der Waals surface area contributed by atoms with Crippen molar-refractivity contribution < 1.29 is 4.29 Å². The second-order valence-electron chi connectivity index (χ2n) is 1.50. The molecule has 0 radical (unpaired) electrons. The van der Waals surface area contributed by atoms with Gasteiger partial charge < -0.3 is 4.29 Å². The van der Waals surface area contributed by atoms with Crippen molar-refractivity contribution in [3.63, 3.8) is 0 Å². The van der Waals surface area contributed by atoms with Crippen molar-refractivity contribution in [3.8, 4) is 5.88 Å². The molecule has 0 atom stereocenters. The summed E-state index contributed by atoms with van der Waals surface area (Å²) in [6.45, 7) is 1.78. The highest BCUT2D eigenvalue weighted by Gasteiger charge is 1.97. The maximum Gasteiger partial charge on any atom is 0.262 e. The average Bonchev–Trinajstić information content (AvgIpc) is 1.89. The molecule has 0 spiro atoms. The van der Waals surface area contributed by atoms with Gasteiger partial charge in [-0.3, -0.25) is 0 Å². The van der Waals surface area contributed by atoms with Crippen molar-refractivity contribution in [2.24, 2.45) is 0 Å². The minimum Gasteiger partial charge on any atom is -0.363 e. The molecule has 1 rings (SSSR count). The molecule has 1 aromatic rings. The molecule has 0 aromatic carbocycles. The van der Waals surface area contributed by atoms with E-state index in [0.717, 1.165) is 5.56 Å². The van der Waals surface area contributed by atoms with Gasteiger partial charge in [0.1, 0.15) is 11.9 Å². The van der Waals surface area contributed by atoms with Gasteiger partial charge in [-0.15, -0.1) is 5.10 Å². The van der Waals surface area contributed by atoms with Crippen LogP contribution < -0.4 is 4.29 Å². The van der Waals surface area contributed by atoms with Crippen LogP contribution in [0.25, 0.3) is 0 Å². The molecule has 0 N–H and O–H groups in total. The maximum atomic E-state index is 5.00. The van der Waals surface area contributed by atoms with E-state index in [1.54, 1.807) is 6.92 Å². The minimum absolute atomic E-state index is 0.298. The lowest BCUT2D eigenvalue weighted by Gasteiger charge is -1.93. The number of rotatable bonds is 1. The van der Waals surface area contributed by atoms with Crippen molar-refractivity contribution in [1.82, 2.24) is 15.4 Å². The van der Waals surface area contributed by atoms with Crippen molar-refractivity contribution in [2.75, 3.05) is 0 Å². The van der Waals surface area contributed by atoms with Gasteiger partial charge in [-0.25, -0.2) is 0 Å². The molecular formula is C4H4ClN3O. The fourth-order valence-corrected chi connectivity index (χ4v) is 0.542. The lowest BCUT2D eigenvalue weighted by Crippen LogP contribution is -1.91. The van der Waals surface area contributed by atoms with Gasteiger partial charge in [0, 0.05) is 5.56 Å². The molecule has 0 unspecified atom stereocenters. The summed E-state index contributed by atoms with van der Waals surface area (Å²) in [6.07, 6.45) is 1.52. The monoisotopic (exact) mass is 145 g/mol. The fourth-order valence-electron chi connectivity index (χ4n) is 0.389. The number of nitrogens with zero attached hydrogens (tertiary/aromatic N) is 3. The molecule has 0 saturated carbocycles. The summed E-state index contributed by atoms with van der Waals surface area (Å²) in [5.74, 6) is 0.298. The predicted octanol–water partition coefficient (Wildman–Crippen LogP) is 0.713. The van der Waals surface area contributed by atoms with Crippen molar-refractivity contribution in [2.45, 2.75) is 6.92 Å². The molecular weight excluding hydrogens is 142 g/mol. The summed E-state index contributed by atoms with van der Waals surface area (Å²) in [5, 5.41) is 10.3. The zero-order valence-electron chi connectivity index (χ0n) is 4.71. The minimum atomic E-state index is 0.298. The molecule has 5 heteroatoms. The van der Waals surface area contributed by atoms with Gasteiger partial charge in [-0.1, -0.05) is 5.10 Å². The molecule has 1 aromatic heterocycles. The number of hydrogen-bond acceptors (Lipinski definition) is 4. The smallest absolute Gasteiger partial charge is 0.262 e. The highest BCUT2D eigenvalue weighted by molar-refractivity contribution is 6.08. The summed E-state index contributed by atoms with van der Waals surface area (Å²) in [4.78, 5) is 0. The Hall–Kier alpha value is -0.900. The fraction of sp³-hybridized carbons (Fsp3) is 0.250. The molecule has 9 heavy (non-hydrogen) atoms. The number of hydrogen-bond donors (Lipinski definition) is 0. The van der Waals surface area contributed by atoms with Gasteiger partial charge in [0.2, 0.25) is 0 Å². The van der Waals surface area contributed by atoms with Gasteiger partial charge in [-0.05, 0) is 12.1 Å². The second kappa shape index (κ2) is 2.59. The highest BCUT2D eigenvalue weighted by Crippen LogP contribution is 2.09. The zero-order chi connectivity index (χ0) is 6.69. The summed E-state index contributed by atoms with van der Waals surface area (Å²) < 4.78 is 4.30. The first-order valence-corrected chi connectivity index (χ1v) is 2.59. The van der Waals surface area contributed by atoms with Crippen molar-refractivity contribution in [3.05, 3.63) is 11.8 Å². The van der Waals surface area contributed by atoms with Crippen LogP contribution in [-0.2, 0) is 0 Å². The first-order valence-electron chi connectivity index (χ1n) is 2.28. The van der Waals surface area contributed by atoms with E-state index in [9.17, 15) is 0 Å². The third kappa shape index (κ3) is 1.26. The molecule has 0 aliphatic carbocycles. The number of halogens is 1. The Morgan fingerprint density at radius 1 is 1.67 bits per heavy atom. The molecule has 0 aliphatic heterocycles. The van der Waals surface area contributed by atoms with E-state index in [1.807, 2.05) is 0 Å². The van der Waals surface area contributed by atoms with E-state index in [-0.39, 0.29) is 0 Å². The summed E-state index contributed by atoms with van der Waals surface area (Å²) >= 11 is 5.00. The van der Waals surface area contributed by atoms with Crippen LogP contribution >= 0.6 is 11.9 Å². The van der Waals surface area contributed by atoms with E-state index in [4.69, 9.17) is 11.9 Å². The normalized spacial score (nSPS) is 9.11. The van der Waals surface area contributed by atoms with Gasteiger partial charge in [0.15, 0.2) is 0 Å². The first kappa shape index (κ1) is 6.22. The van der Waals surface area contributed by atoms with Crippen LogP contribution in [0.2, 0.25) is 0 Å². The van der Waals surface area contributed by atoms with Crippen LogP contribution in [-0.4, -0.2) is 15.4 Å². The van der Waals surface area contributed by atoms with Crippen LogP contribution in [0.15, 0.2) is 6.20 Å². The van der Waals surface area contributed by atoms with Gasteiger partial charge in [-0.2, -0.15) is 0 Å². The lowest BCUT2D eigenvalue weighted by atomic mass is 10.4. The quantitative estimate of drug-likeness (QED) is 0.584. The Labute approximate surface area is 57.0 Å². The second-order valence-corrected chi connectivity index (χ2v) is 1.65. The largest absolute Gasteiger partial charge is 0.363 e. The average molecular weight is 146 g/mol. The van der Waals surface area contributed by atoms with E-state index < -0.39 is 0 Å². The SMILES string of the molecule is Cc1cnnnc1OCl. The first-order chi connectivity index (χ1) is 4.34. The molecule has 0 fully saturated rings. The molecule has 0 saturated heterocycles. The molecule has 4 nitrogen and oxygen atoms in total. The van der Waals surface area contributed by atoms with E-state index in [1.165, 1.54) is 6.20 Å². The molecule has 0 bridgehead atoms. The third-order valence-corrected chi connectivity index (χ3v) is 0.995. The predicted molar refractivity (Wildman–Crippen MR) is 31.0 cm³/mol. The van der Waals surface area contributed by atoms with Crippen LogP contribution in [0.3, 0.4) is 0 Å². The van der Waals surface area contributed by atoms with Gasteiger partial charge in [0.25, 0.3) is 5.88 Å². The topological polar surface area (TPSA) is 47.9 Å². The van der Waals surface area contributed by atoms with E-state index in [0.29, 0.717) is 5.88 Å². The van der Waals surface area contributed by atoms with Crippen molar-refractivity contribution >= 4 is 11.9 Å². The van der Waals surface area contributed by atoms with Crippen LogP contribution in [0.4, 0.5) is 0 Å². The summed E-state index contributed by atoms with van der Waals surface area (Å²) in [6, 6.07) is 0. The van der Waals surface area contributed by atoms with Crippen LogP contribution in [0.1, 0.15) is 5.56 Å². The Bertz CT molecular complexity index is 205. The Morgan fingerprint density at radius 3 is 2.89 bits per heavy atom. The molecule has 48 valence electrons.